The second-order valence-corrected chi connectivity index (χ2v) is 8.42. The highest BCUT2D eigenvalue weighted by Crippen LogP contribution is 2.30. The van der Waals surface area contributed by atoms with Gasteiger partial charge in [0.25, 0.3) is 0 Å². The molecule has 0 bridgehead atoms. The molecule has 0 amide bonds. The number of carbonyl (C=O) groups is 1. The van der Waals surface area contributed by atoms with E-state index >= 15 is 0 Å². The lowest BCUT2D eigenvalue weighted by atomic mass is 9.97. The van der Waals surface area contributed by atoms with Gasteiger partial charge in [0.15, 0.2) is 0 Å². The van der Waals surface area contributed by atoms with Gasteiger partial charge in [0.05, 0.1) is 6.42 Å². The summed E-state index contributed by atoms with van der Waals surface area (Å²) in [4.78, 5) is 12.5. The van der Waals surface area contributed by atoms with E-state index in [0.717, 1.165) is 17.7 Å². The molecule has 0 aromatic heterocycles. The predicted octanol–water partition coefficient (Wildman–Crippen LogP) is 5.43. The highest BCUT2D eigenvalue weighted by Gasteiger charge is 2.48. The lowest BCUT2D eigenvalue weighted by molar-refractivity contribution is -0.147. The number of carbonyl (C=O) groups excluding carboxylic acids is 1. The van der Waals surface area contributed by atoms with Crippen LogP contribution in [0.3, 0.4) is 0 Å². The minimum atomic E-state index is -5.75. The monoisotopic (exact) mass is 464 g/mol. The Balaban J connectivity index is 1.74. The molecule has 0 saturated carbocycles. The molecular formula is C23H19F3O5S. The van der Waals surface area contributed by atoms with E-state index in [1.54, 1.807) is 31.2 Å². The van der Waals surface area contributed by atoms with Gasteiger partial charge in [-0.05, 0) is 41.3 Å². The molecule has 0 saturated heterocycles. The van der Waals surface area contributed by atoms with E-state index in [9.17, 15) is 26.4 Å². The maximum Gasteiger partial charge on any atom is 0.534 e. The van der Waals surface area contributed by atoms with E-state index in [1.807, 2.05) is 30.3 Å². The van der Waals surface area contributed by atoms with E-state index in [4.69, 9.17) is 4.74 Å². The topological polar surface area (TPSA) is 69.7 Å². The van der Waals surface area contributed by atoms with Crippen LogP contribution in [0.2, 0.25) is 0 Å². The summed E-state index contributed by atoms with van der Waals surface area (Å²) in [5.41, 5.74) is -2.79. The molecule has 9 heteroatoms. The van der Waals surface area contributed by atoms with Crippen molar-refractivity contribution in [3.05, 3.63) is 90.0 Å². The molecule has 0 heterocycles. The molecule has 0 unspecified atom stereocenters. The normalized spacial score (nSPS) is 12.8. The van der Waals surface area contributed by atoms with Crippen molar-refractivity contribution in [2.75, 3.05) is 0 Å². The summed E-state index contributed by atoms with van der Waals surface area (Å²) < 4.78 is 69.3. The van der Waals surface area contributed by atoms with Gasteiger partial charge in [-0.2, -0.15) is 21.6 Å². The number of rotatable bonds is 7. The van der Waals surface area contributed by atoms with E-state index < -0.39 is 33.4 Å². The van der Waals surface area contributed by atoms with Crippen LogP contribution in [-0.2, 0) is 26.1 Å². The van der Waals surface area contributed by atoms with Crippen LogP contribution in [0, 0.1) is 0 Å². The summed E-state index contributed by atoms with van der Waals surface area (Å²) in [6, 6.07) is 21.3. The summed E-state index contributed by atoms with van der Waals surface area (Å²) in [6.45, 7) is 1.77. The average molecular weight is 464 g/mol. The second-order valence-electron chi connectivity index (χ2n) is 6.88. The first-order chi connectivity index (χ1) is 15.1. The average Bonchev–Trinajstić information content (AvgIpc) is 2.74. The standard InChI is InChI=1S/C23H19F3O5S/c1-16(17-7-3-2-4-8-17)30-22(27)15-19-9-5-6-10-21(19)18-11-13-20(14-12-18)31-32(28,29)23(24,25)26/h2-14,16H,15H2,1H3/t16-/m1/s1. The van der Waals surface area contributed by atoms with Gasteiger partial charge in [-0.3, -0.25) is 4.79 Å². The van der Waals surface area contributed by atoms with Crippen LogP contribution in [0.5, 0.6) is 5.75 Å². The van der Waals surface area contributed by atoms with Gasteiger partial charge in [-0.15, -0.1) is 0 Å². The molecule has 0 aliphatic heterocycles. The minimum Gasteiger partial charge on any atom is -0.458 e. The number of hydrogen-bond acceptors (Lipinski definition) is 5. The highest BCUT2D eigenvalue weighted by molar-refractivity contribution is 7.88. The van der Waals surface area contributed by atoms with Gasteiger partial charge in [0.1, 0.15) is 11.9 Å². The van der Waals surface area contributed by atoms with E-state index in [1.165, 1.54) is 12.1 Å². The smallest absolute Gasteiger partial charge is 0.458 e. The van der Waals surface area contributed by atoms with Crippen molar-refractivity contribution < 1.29 is 35.3 Å². The minimum absolute atomic E-state index is 0.0198. The fourth-order valence-electron chi connectivity index (χ4n) is 3.01. The Hall–Kier alpha value is -3.33. The molecule has 3 aromatic rings. The van der Waals surface area contributed by atoms with Crippen molar-refractivity contribution in [1.29, 1.82) is 0 Å². The third-order valence-corrected chi connectivity index (χ3v) is 5.56. The van der Waals surface area contributed by atoms with Crippen LogP contribution in [0.25, 0.3) is 11.1 Å². The van der Waals surface area contributed by atoms with E-state index in [2.05, 4.69) is 4.18 Å². The number of halogens is 3. The SMILES string of the molecule is C[C@@H](OC(=O)Cc1ccccc1-c1ccc(OS(=O)(=O)C(F)(F)F)cc1)c1ccccc1. The molecule has 0 fully saturated rings. The maximum atomic E-state index is 12.5. The van der Waals surface area contributed by atoms with Crippen molar-refractivity contribution >= 4 is 16.1 Å². The third-order valence-electron chi connectivity index (χ3n) is 4.58. The summed E-state index contributed by atoms with van der Waals surface area (Å²) >= 11 is 0. The van der Waals surface area contributed by atoms with E-state index in [0.29, 0.717) is 16.7 Å². The predicted molar refractivity (Wildman–Crippen MR) is 112 cm³/mol. The zero-order valence-corrected chi connectivity index (χ0v) is 17.7. The Morgan fingerprint density at radius 3 is 2.12 bits per heavy atom. The van der Waals surface area contributed by atoms with Crippen LogP contribution < -0.4 is 4.18 Å². The molecule has 0 spiro atoms. The van der Waals surface area contributed by atoms with Crippen molar-refractivity contribution in [2.45, 2.75) is 25.0 Å². The number of ether oxygens (including phenoxy) is 1. The summed E-state index contributed by atoms with van der Waals surface area (Å²) in [7, 11) is -5.75. The molecule has 32 heavy (non-hydrogen) atoms. The molecule has 3 aromatic carbocycles. The lowest BCUT2D eigenvalue weighted by Crippen LogP contribution is -2.28. The largest absolute Gasteiger partial charge is 0.534 e. The van der Waals surface area contributed by atoms with Gasteiger partial charge < -0.3 is 8.92 Å². The molecule has 0 radical (unpaired) electrons. The Labute approximate surface area is 183 Å². The molecule has 3 rings (SSSR count). The highest BCUT2D eigenvalue weighted by atomic mass is 32.2. The summed E-state index contributed by atoms with van der Waals surface area (Å²) in [5, 5.41) is 0. The molecule has 0 aliphatic carbocycles. The Morgan fingerprint density at radius 2 is 1.50 bits per heavy atom. The van der Waals surface area contributed by atoms with Gasteiger partial charge in [0.2, 0.25) is 0 Å². The van der Waals surface area contributed by atoms with Crippen LogP contribution >= 0.6 is 0 Å². The number of benzene rings is 3. The fourth-order valence-corrected chi connectivity index (χ4v) is 3.47. The number of esters is 1. The Morgan fingerprint density at radius 1 is 0.906 bits per heavy atom. The van der Waals surface area contributed by atoms with Crippen molar-refractivity contribution in [1.82, 2.24) is 0 Å². The molecule has 1 atom stereocenters. The van der Waals surface area contributed by atoms with Crippen molar-refractivity contribution in [2.24, 2.45) is 0 Å². The molecule has 0 aliphatic rings. The fraction of sp³-hybridized carbons (Fsp3) is 0.174. The number of hydrogen-bond donors (Lipinski definition) is 0. The lowest BCUT2D eigenvalue weighted by Gasteiger charge is -2.15. The maximum absolute atomic E-state index is 12.5. The third kappa shape index (κ3) is 5.67. The first-order valence-corrected chi connectivity index (χ1v) is 10.9. The molecule has 168 valence electrons. The van der Waals surface area contributed by atoms with Gasteiger partial charge in [0, 0.05) is 0 Å². The van der Waals surface area contributed by atoms with Gasteiger partial charge in [-0.25, -0.2) is 0 Å². The molecule has 5 nitrogen and oxygen atoms in total. The zero-order valence-electron chi connectivity index (χ0n) is 16.9. The van der Waals surface area contributed by atoms with E-state index in [-0.39, 0.29) is 6.42 Å². The Bertz CT molecular complexity index is 1170. The first kappa shape index (κ1) is 23.3. The van der Waals surface area contributed by atoms with Crippen molar-refractivity contribution in [3.8, 4) is 16.9 Å². The quantitative estimate of drug-likeness (QED) is 0.265. The summed E-state index contributed by atoms with van der Waals surface area (Å²) in [6.07, 6.45) is -0.448. The summed E-state index contributed by atoms with van der Waals surface area (Å²) in [5.74, 6) is -0.912. The van der Waals surface area contributed by atoms with Crippen molar-refractivity contribution in [3.63, 3.8) is 0 Å². The first-order valence-electron chi connectivity index (χ1n) is 9.50. The molecular weight excluding hydrogens is 445 g/mol. The van der Waals surface area contributed by atoms with Crippen LogP contribution in [0.15, 0.2) is 78.9 Å². The van der Waals surface area contributed by atoms with Gasteiger partial charge in [-0.1, -0.05) is 66.7 Å². The second kappa shape index (κ2) is 9.44. The number of alkyl halides is 3. The van der Waals surface area contributed by atoms with Gasteiger partial charge >= 0.3 is 21.6 Å². The zero-order chi connectivity index (χ0) is 23.4. The van der Waals surface area contributed by atoms with Crippen LogP contribution in [0.4, 0.5) is 13.2 Å². The Kier molecular flexibility index (Phi) is 6.88. The van der Waals surface area contributed by atoms with Crippen LogP contribution in [-0.4, -0.2) is 19.9 Å². The van der Waals surface area contributed by atoms with Crippen LogP contribution in [0.1, 0.15) is 24.2 Å². The molecule has 0 N–H and O–H groups in total.